The summed E-state index contributed by atoms with van der Waals surface area (Å²) in [6, 6.07) is 24.4. The van der Waals surface area contributed by atoms with E-state index in [-0.39, 0.29) is 6.01 Å². The van der Waals surface area contributed by atoms with Crippen LogP contribution >= 0.6 is 0 Å². The molecule has 1 fully saturated rings. The van der Waals surface area contributed by atoms with Crippen LogP contribution in [0, 0.1) is 0 Å². The molecule has 0 aliphatic carbocycles. The summed E-state index contributed by atoms with van der Waals surface area (Å²) in [5.41, 5.74) is 5.25. The average Bonchev–Trinajstić information content (AvgIpc) is 3.62. The van der Waals surface area contributed by atoms with Crippen LogP contribution in [0.4, 0.5) is 16.3 Å². The lowest BCUT2D eigenvalue weighted by atomic mass is 10.1. The fourth-order valence-corrected chi connectivity index (χ4v) is 5.91. The van der Waals surface area contributed by atoms with E-state index in [2.05, 4.69) is 46.7 Å². The monoisotopic (exact) mass is 668 g/mol. The van der Waals surface area contributed by atoms with Crippen molar-refractivity contribution in [2.75, 3.05) is 44.1 Å². The third kappa shape index (κ3) is 10.6. The number of benzene rings is 3. The predicted octanol–water partition coefficient (Wildman–Crippen LogP) is 6.86. The molecule has 0 bridgehead atoms. The minimum atomic E-state index is -1.20. The maximum atomic E-state index is 12.3. The molecule has 11 nitrogen and oxygen atoms in total. The fraction of sp³-hybridized carbons (Fsp3) is 0.395. The van der Waals surface area contributed by atoms with Crippen molar-refractivity contribution in [1.29, 1.82) is 0 Å². The van der Waals surface area contributed by atoms with Crippen molar-refractivity contribution in [1.82, 2.24) is 20.2 Å². The number of carboxylic acid groups (broad SMARTS) is 1. The Morgan fingerprint density at radius 1 is 0.857 bits per heavy atom. The number of aromatic nitrogens is 2. The highest BCUT2D eigenvalue weighted by molar-refractivity contribution is 5.88. The van der Waals surface area contributed by atoms with E-state index in [1.54, 1.807) is 14.2 Å². The van der Waals surface area contributed by atoms with E-state index in [4.69, 9.17) is 24.2 Å². The molecule has 5 rings (SSSR count). The van der Waals surface area contributed by atoms with Crippen LogP contribution < -0.4 is 29.7 Å². The van der Waals surface area contributed by atoms with Gasteiger partial charge >= 0.3 is 12.1 Å². The summed E-state index contributed by atoms with van der Waals surface area (Å²) in [6.07, 6.45) is 3.12. The molecule has 2 heterocycles. The third-order valence-corrected chi connectivity index (χ3v) is 8.49. The number of methoxy groups -OCH3 is 2. The molecule has 0 spiro atoms. The van der Waals surface area contributed by atoms with Gasteiger partial charge in [-0.25, -0.2) is 4.79 Å². The van der Waals surface area contributed by atoms with Crippen LogP contribution in [0.3, 0.4) is 0 Å². The summed E-state index contributed by atoms with van der Waals surface area (Å²) in [7, 11) is 3.27. The Morgan fingerprint density at radius 3 is 2.08 bits per heavy atom. The normalized spacial score (nSPS) is 12.9. The van der Waals surface area contributed by atoms with Crippen LogP contribution in [0.25, 0.3) is 0 Å². The summed E-state index contributed by atoms with van der Waals surface area (Å²) < 4.78 is 16.8. The number of unbranched alkanes of at least 4 members (excludes halogenated alkanes) is 1. The van der Waals surface area contributed by atoms with Gasteiger partial charge in [-0.3, -0.25) is 10.2 Å². The molecular formula is C38H48N6O5. The molecule has 0 unspecified atom stereocenters. The minimum Gasteiger partial charge on any atom is -0.497 e. The van der Waals surface area contributed by atoms with Crippen LogP contribution in [-0.4, -0.2) is 60.0 Å². The summed E-state index contributed by atoms with van der Waals surface area (Å²) in [5, 5.41) is 16.1. The lowest BCUT2D eigenvalue weighted by Crippen LogP contribution is -2.27. The molecule has 0 radical (unpaired) electrons. The van der Waals surface area contributed by atoms with Crippen molar-refractivity contribution >= 4 is 17.6 Å². The Balaban J connectivity index is 1.47. The van der Waals surface area contributed by atoms with E-state index in [0.29, 0.717) is 50.0 Å². The van der Waals surface area contributed by atoms with E-state index < -0.39 is 6.09 Å². The zero-order chi connectivity index (χ0) is 34.4. The number of ether oxygens (including phenoxy) is 3. The SMILES string of the molecule is CCCCOc1nc(CNCc2cccc(CN3CCCC3)c2)c(NC(=O)O)c(N(Cc2ccc(OC)cc2)Cc2ccc(OC)cc2)n1. The number of amides is 1. The Kier molecular flexibility index (Phi) is 13.1. The zero-order valence-electron chi connectivity index (χ0n) is 28.8. The fourth-order valence-electron chi connectivity index (χ4n) is 5.91. The van der Waals surface area contributed by atoms with Crippen molar-refractivity contribution in [3.63, 3.8) is 0 Å². The van der Waals surface area contributed by atoms with Crippen LogP contribution in [-0.2, 0) is 32.7 Å². The third-order valence-electron chi connectivity index (χ3n) is 8.49. The largest absolute Gasteiger partial charge is 0.497 e. The molecule has 4 aromatic rings. The van der Waals surface area contributed by atoms with Gasteiger partial charge in [0.2, 0.25) is 0 Å². The topological polar surface area (TPSA) is 121 Å². The molecule has 3 N–H and O–H groups in total. The second kappa shape index (κ2) is 18.0. The number of nitrogens with one attached hydrogen (secondary N) is 2. The summed E-state index contributed by atoms with van der Waals surface area (Å²) in [5.74, 6) is 1.93. The number of rotatable bonds is 18. The maximum absolute atomic E-state index is 12.3. The predicted molar refractivity (Wildman–Crippen MR) is 191 cm³/mol. The quantitative estimate of drug-likeness (QED) is 0.0971. The Labute approximate surface area is 289 Å². The Hall–Kier alpha value is -4.87. The van der Waals surface area contributed by atoms with Gasteiger partial charge in [0.25, 0.3) is 0 Å². The number of likely N-dealkylation sites (tertiary alicyclic amines) is 1. The van der Waals surface area contributed by atoms with Gasteiger partial charge in [0.1, 0.15) is 17.2 Å². The van der Waals surface area contributed by atoms with Crippen molar-refractivity contribution in [2.45, 2.75) is 65.3 Å². The first-order valence-corrected chi connectivity index (χ1v) is 17.0. The van der Waals surface area contributed by atoms with Gasteiger partial charge in [-0.2, -0.15) is 9.97 Å². The molecule has 1 amide bonds. The van der Waals surface area contributed by atoms with E-state index in [9.17, 15) is 9.90 Å². The van der Waals surface area contributed by atoms with Gasteiger partial charge in [0, 0.05) is 32.7 Å². The lowest BCUT2D eigenvalue weighted by molar-refractivity contribution is 0.209. The first-order valence-electron chi connectivity index (χ1n) is 17.0. The Bertz CT molecular complexity index is 1580. The highest BCUT2D eigenvalue weighted by Gasteiger charge is 2.23. The molecular weight excluding hydrogens is 620 g/mol. The highest BCUT2D eigenvalue weighted by Crippen LogP contribution is 2.32. The highest BCUT2D eigenvalue weighted by atomic mass is 16.5. The number of carbonyl (C=O) groups is 1. The van der Waals surface area contributed by atoms with Gasteiger partial charge in [0.15, 0.2) is 5.82 Å². The first kappa shape index (κ1) is 35.4. The molecule has 1 aliphatic heterocycles. The van der Waals surface area contributed by atoms with Crippen molar-refractivity contribution in [2.24, 2.45) is 0 Å². The van der Waals surface area contributed by atoms with E-state index in [1.165, 1.54) is 18.4 Å². The molecule has 49 heavy (non-hydrogen) atoms. The first-order chi connectivity index (χ1) is 23.9. The Morgan fingerprint density at radius 2 is 1.49 bits per heavy atom. The molecule has 0 atom stereocenters. The van der Waals surface area contributed by atoms with Gasteiger partial charge in [0.05, 0.1) is 26.5 Å². The lowest BCUT2D eigenvalue weighted by Gasteiger charge is -2.27. The maximum Gasteiger partial charge on any atom is 0.409 e. The zero-order valence-corrected chi connectivity index (χ0v) is 28.8. The molecule has 260 valence electrons. The molecule has 1 saturated heterocycles. The van der Waals surface area contributed by atoms with Gasteiger partial charge < -0.3 is 29.5 Å². The number of hydrogen-bond acceptors (Lipinski definition) is 9. The van der Waals surface area contributed by atoms with E-state index in [1.807, 2.05) is 53.4 Å². The van der Waals surface area contributed by atoms with Crippen molar-refractivity contribution in [3.8, 4) is 17.5 Å². The van der Waals surface area contributed by atoms with E-state index >= 15 is 0 Å². The van der Waals surface area contributed by atoms with Crippen molar-refractivity contribution in [3.05, 3.63) is 101 Å². The van der Waals surface area contributed by atoms with E-state index in [0.717, 1.165) is 60.7 Å². The molecule has 1 aromatic heterocycles. The minimum absolute atomic E-state index is 0.207. The van der Waals surface area contributed by atoms with Crippen LogP contribution in [0.5, 0.6) is 17.5 Å². The molecule has 11 heteroatoms. The molecule has 3 aromatic carbocycles. The molecule has 1 aliphatic rings. The van der Waals surface area contributed by atoms with Gasteiger partial charge in [-0.05, 0) is 78.9 Å². The van der Waals surface area contributed by atoms with Crippen LogP contribution in [0.2, 0.25) is 0 Å². The number of nitrogens with zero attached hydrogens (tertiary/aromatic N) is 4. The van der Waals surface area contributed by atoms with Gasteiger partial charge in [-0.1, -0.05) is 61.9 Å². The standard InChI is InChI=1S/C38H48N6O5/c1-4-5-21-49-37-40-34(24-39-23-30-9-8-10-31(22-30)25-43-19-6-7-20-43)35(41-38(45)46)36(42-37)44(26-28-11-15-32(47-2)16-12-28)27-29-13-17-33(48-3)18-14-29/h8-18,22,39,41H,4-7,19-21,23-27H2,1-3H3,(H,45,46). The number of hydrogen-bond donors (Lipinski definition) is 3. The number of anilines is 2. The second-order valence-corrected chi connectivity index (χ2v) is 12.2. The summed E-state index contributed by atoms with van der Waals surface area (Å²) >= 11 is 0. The molecule has 0 saturated carbocycles. The second-order valence-electron chi connectivity index (χ2n) is 12.2. The average molecular weight is 669 g/mol. The van der Waals surface area contributed by atoms with Crippen LogP contribution in [0.15, 0.2) is 72.8 Å². The van der Waals surface area contributed by atoms with Gasteiger partial charge in [-0.15, -0.1) is 0 Å². The summed E-state index contributed by atoms with van der Waals surface area (Å²) in [4.78, 5) is 26.3. The smallest absolute Gasteiger partial charge is 0.409 e. The van der Waals surface area contributed by atoms with Crippen molar-refractivity contribution < 1.29 is 24.1 Å². The summed E-state index contributed by atoms with van der Waals surface area (Å²) in [6.45, 7) is 7.55. The van der Waals surface area contributed by atoms with Crippen LogP contribution in [0.1, 0.15) is 60.6 Å².